The van der Waals surface area contributed by atoms with Crippen molar-refractivity contribution in [2.75, 3.05) is 24.6 Å². The minimum atomic E-state index is -0.314. The van der Waals surface area contributed by atoms with Gasteiger partial charge in [-0.05, 0) is 37.6 Å². The Morgan fingerprint density at radius 2 is 1.69 bits per heavy atom. The van der Waals surface area contributed by atoms with Crippen molar-refractivity contribution >= 4 is 17.5 Å². The fraction of sp³-hybridized carbons (Fsp3) is 0.333. The highest BCUT2D eigenvalue weighted by atomic mass is 16.5. The zero-order valence-electron chi connectivity index (χ0n) is 15.4. The zero-order chi connectivity index (χ0) is 18.8. The molecule has 0 aliphatic carbocycles. The summed E-state index contributed by atoms with van der Waals surface area (Å²) in [5.74, 6) is 0.0728. The van der Waals surface area contributed by atoms with Crippen molar-refractivity contribution < 1.29 is 14.3 Å². The number of amides is 2. The fourth-order valence-electron chi connectivity index (χ4n) is 2.60. The van der Waals surface area contributed by atoms with Gasteiger partial charge in [-0.1, -0.05) is 43.7 Å². The minimum Gasteiger partial charge on any atom is -0.493 e. The molecule has 0 radical (unpaired) electrons. The molecule has 0 fully saturated rings. The standard InChI is InChI=1S/C21H26N2O3/c1-3-5-15-23(17-11-7-6-8-12-17)20(24)16-22-21(25)18-13-9-10-14-19(18)26-4-2/h6-14H,3-5,15-16H2,1-2H3,(H,22,25). The smallest absolute Gasteiger partial charge is 0.255 e. The van der Waals surface area contributed by atoms with Crippen LogP contribution in [0.3, 0.4) is 0 Å². The van der Waals surface area contributed by atoms with Crippen molar-refractivity contribution in [3.63, 3.8) is 0 Å². The third-order valence-electron chi connectivity index (χ3n) is 3.94. The molecule has 2 rings (SSSR count). The lowest BCUT2D eigenvalue weighted by Crippen LogP contribution is -2.41. The highest BCUT2D eigenvalue weighted by molar-refractivity contribution is 6.01. The number of unbranched alkanes of at least 4 members (excludes halogenated alkanes) is 1. The summed E-state index contributed by atoms with van der Waals surface area (Å²) in [6, 6.07) is 16.6. The van der Waals surface area contributed by atoms with Gasteiger partial charge in [-0.25, -0.2) is 0 Å². The van der Waals surface area contributed by atoms with Crippen LogP contribution >= 0.6 is 0 Å². The van der Waals surface area contributed by atoms with E-state index in [2.05, 4.69) is 12.2 Å². The molecule has 5 nitrogen and oxygen atoms in total. The topological polar surface area (TPSA) is 58.6 Å². The van der Waals surface area contributed by atoms with Crippen LogP contribution in [0.15, 0.2) is 54.6 Å². The molecule has 0 atom stereocenters. The first-order chi connectivity index (χ1) is 12.7. The molecule has 0 saturated heterocycles. The molecule has 0 unspecified atom stereocenters. The van der Waals surface area contributed by atoms with Crippen LogP contribution in [0.2, 0.25) is 0 Å². The SMILES string of the molecule is CCCCN(C(=O)CNC(=O)c1ccccc1OCC)c1ccccc1. The number of nitrogens with zero attached hydrogens (tertiary/aromatic N) is 1. The van der Waals surface area contributed by atoms with Gasteiger partial charge in [-0.2, -0.15) is 0 Å². The molecule has 0 aliphatic heterocycles. The van der Waals surface area contributed by atoms with E-state index in [9.17, 15) is 9.59 Å². The maximum atomic E-state index is 12.7. The van der Waals surface area contributed by atoms with Crippen LogP contribution in [-0.4, -0.2) is 31.5 Å². The quantitative estimate of drug-likeness (QED) is 0.748. The van der Waals surface area contributed by atoms with Gasteiger partial charge >= 0.3 is 0 Å². The van der Waals surface area contributed by atoms with E-state index >= 15 is 0 Å². The number of hydrogen-bond acceptors (Lipinski definition) is 3. The van der Waals surface area contributed by atoms with Crippen LogP contribution < -0.4 is 15.0 Å². The molecule has 0 heterocycles. The maximum absolute atomic E-state index is 12.7. The van der Waals surface area contributed by atoms with E-state index in [-0.39, 0.29) is 18.4 Å². The van der Waals surface area contributed by atoms with E-state index in [4.69, 9.17) is 4.74 Å². The second-order valence-electron chi connectivity index (χ2n) is 5.85. The summed E-state index contributed by atoms with van der Waals surface area (Å²) in [6.45, 7) is 4.99. The zero-order valence-corrected chi connectivity index (χ0v) is 15.4. The van der Waals surface area contributed by atoms with Crippen LogP contribution in [0.5, 0.6) is 5.75 Å². The predicted octanol–water partition coefficient (Wildman–Crippen LogP) is 3.65. The highest BCUT2D eigenvalue weighted by Gasteiger charge is 2.18. The first kappa shape index (κ1) is 19.5. The summed E-state index contributed by atoms with van der Waals surface area (Å²) in [6.07, 6.45) is 1.90. The lowest BCUT2D eigenvalue weighted by molar-refractivity contribution is -0.117. The number of carbonyl (C=O) groups is 2. The van der Waals surface area contributed by atoms with Gasteiger partial charge in [0.25, 0.3) is 5.91 Å². The molecule has 5 heteroatoms. The Kier molecular flexibility index (Phi) is 7.68. The molecule has 2 amide bonds. The molecule has 1 N–H and O–H groups in total. The van der Waals surface area contributed by atoms with E-state index in [0.717, 1.165) is 18.5 Å². The predicted molar refractivity (Wildman–Crippen MR) is 104 cm³/mol. The minimum absolute atomic E-state index is 0.0576. The summed E-state index contributed by atoms with van der Waals surface area (Å²) in [7, 11) is 0. The Morgan fingerprint density at radius 1 is 1.00 bits per heavy atom. The summed E-state index contributed by atoms with van der Waals surface area (Å²) in [5, 5.41) is 2.71. The first-order valence-corrected chi connectivity index (χ1v) is 9.02. The van der Waals surface area contributed by atoms with Gasteiger partial charge < -0.3 is 15.0 Å². The highest BCUT2D eigenvalue weighted by Crippen LogP contribution is 2.18. The number of ether oxygens (including phenoxy) is 1. The van der Waals surface area contributed by atoms with Crippen molar-refractivity contribution in [3.05, 3.63) is 60.2 Å². The Hall–Kier alpha value is -2.82. The van der Waals surface area contributed by atoms with Crippen molar-refractivity contribution in [3.8, 4) is 5.75 Å². The van der Waals surface area contributed by atoms with Crippen LogP contribution in [0, 0.1) is 0 Å². The molecule has 138 valence electrons. The largest absolute Gasteiger partial charge is 0.493 e. The molecule has 2 aromatic rings. The van der Waals surface area contributed by atoms with Crippen LogP contribution in [0.25, 0.3) is 0 Å². The van der Waals surface area contributed by atoms with Gasteiger partial charge in [0, 0.05) is 12.2 Å². The fourth-order valence-corrected chi connectivity index (χ4v) is 2.60. The second kappa shape index (κ2) is 10.2. The number of nitrogens with one attached hydrogen (secondary N) is 1. The molecule has 26 heavy (non-hydrogen) atoms. The monoisotopic (exact) mass is 354 g/mol. The number of hydrogen-bond donors (Lipinski definition) is 1. The summed E-state index contributed by atoms with van der Waals surface area (Å²) in [5.41, 5.74) is 1.27. The Balaban J connectivity index is 2.04. The van der Waals surface area contributed by atoms with Crippen LogP contribution in [0.4, 0.5) is 5.69 Å². The van der Waals surface area contributed by atoms with Crippen molar-refractivity contribution in [1.29, 1.82) is 0 Å². The van der Waals surface area contributed by atoms with E-state index in [1.165, 1.54) is 0 Å². The van der Waals surface area contributed by atoms with E-state index in [1.807, 2.05) is 43.3 Å². The molecule has 0 aliphatic rings. The third kappa shape index (κ3) is 5.34. The van der Waals surface area contributed by atoms with Gasteiger partial charge in [-0.3, -0.25) is 9.59 Å². The Morgan fingerprint density at radius 3 is 2.38 bits per heavy atom. The summed E-state index contributed by atoms with van der Waals surface area (Å²) in [4.78, 5) is 26.9. The number of carbonyl (C=O) groups excluding carboxylic acids is 2. The van der Waals surface area contributed by atoms with Crippen molar-refractivity contribution in [2.24, 2.45) is 0 Å². The van der Waals surface area contributed by atoms with E-state index < -0.39 is 0 Å². The maximum Gasteiger partial charge on any atom is 0.255 e. The van der Waals surface area contributed by atoms with Crippen molar-refractivity contribution in [2.45, 2.75) is 26.7 Å². The number of para-hydroxylation sites is 2. The third-order valence-corrected chi connectivity index (χ3v) is 3.94. The second-order valence-corrected chi connectivity index (χ2v) is 5.85. The van der Waals surface area contributed by atoms with Gasteiger partial charge in [0.15, 0.2) is 0 Å². The van der Waals surface area contributed by atoms with Crippen LogP contribution in [0.1, 0.15) is 37.0 Å². The van der Waals surface area contributed by atoms with E-state index in [0.29, 0.717) is 24.5 Å². The lowest BCUT2D eigenvalue weighted by Gasteiger charge is -2.23. The average Bonchev–Trinajstić information content (AvgIpc) is 2.68. The molecular formula is C21H26N2O3. The Labute approximate surface area is 155 Å². The van der Waals surface area contributed by atoms with Crippen LogP contribution in [-0.2, 0) is 4.79 Å². The molecule has 0 spiro atoms. The average molecular weight is 354 g/mol. The molecule has 0 aromatic heterocycles. The first-order valence-electron chi connectivity index (χ1n) is 9.02. The van der Waals surface area contributed by atoms with Gasteiger partial charge in [-0.15, -0.1) is 0 Å². The molecule has 0 saturated carbocycles. The normalized spacial score (nSPS) is 10.2. The number of benzene rings is 2. The molecule has 2 aromatic carbocycles. The lowest BCUT2D eigenvalue weighted by atomic mass is 10.2. The van der Waals surface area contributed by atoms with Gasteiger partial charge in [0.05, 0.1) is 18.7 Å². The number of anilines is 1. The van der Waals surface area contributed by atoms with Crippen molar-refractivity contribution in [1.82, 2.24) is 5.32 Å². The van der Waals surface area contributed by atoms with Gasteiger partial charge in [0.1, 0.15) is 5.75 Å². The van der Waals surface area contributed by atoms with E-state index in [1.54, 1.807) is 23.1 Å². The Bertz CT molecular complexity index is 716. The summed E-state index contributed by atoms with van der Waals surface area (Å²) < 4.78 is 5.48. The number of rotatable bonds is 9. The van der Waals surface area contributed by atoms with Gasteiger partial charge in [0.2, 0.25) is 5.91 Å². The molecular weight excluding hydrogens is 328 g/mol. The molecule has 0 bridgehead atoms. The summed E-state index contributed by atoms with van der Waals surface area (Å²) >= 11 is 0.